The van der Waals surface area contributed by atoms with Gasteiger partial charge >= 0.3 is 6.18 Å². The van der Waals surface area contributed by atoms with E-state index in [2.05, 4.69) is 10.2 Å². The maximum atomic E-state index is 13.5. The standard InChI is InChI=1S/C22H18ClF3N4O/c23-17-15(7-4-8-16(17)22(24,25)26)21(31)29-11-12-30-19(14-9-10-14)27-28-20(30)18(29)13-5-2-1-3-6-13/h1-8,14,18H,9-12H2. The molecule has 1 fully saturated rings. The number of carbonyl (C=O) groups excluding carboxylic acids is 1. The predicted octanol–water partition coefficient (Wildman–Crippen LogP) is 5.07. The molecule has 2 aliphatic rings. The minimum Gasteiger partial charge on any atom is -0.322 e. The number of halogens is 4. The fraction of sp³-hybridized carbons (Fsp3) is 0.318. The lowest BCUT2D eigenvalue weighted by atomic mass is 10.0. The van der Waals surface area contributed by atoms with Crippen LogP contribution in [0.4, 0.5) is 13.2 Å². The third-order valence-electron chi connectivity index (χ3n) is 5.78. The molecule has 1 aromatic heterocycles. The molecule has 2 heterocycles. The zero-order chi connectivity index (χ0) is 21.8. The molecule has 5 nitrogen and oxygen atoms in total. The van der Waals surface area contributed by atoms with E-state index in [1.165, 1.54) is 17.0 Å². The van der Waals surface area contributed by atoms with E-state index in [4.69, 9.17) is 11.6 Å². The summed E-state index contributed by atoms with van der Waals surface area (Å²) >= 11 is 6.05. The third kappa shape index (κ3) is 3.48. The van der Waals surface area contributed by atoms with Crippen molar-refractivity contribution in [1.82, 2.24) is 19.7 Å². The second kappa shape index (κ2) is 7.37. The van der Waals surface area contributed by atoms with E-state index >= 15 is 0 Å². The average molecular weight is 447 g/mol. The lowest BCUT2D eigenvalue weighted by Gasteiger charge is -2.36. The largest absolute Gasteiger partial charge is 0.417 e. The SMILES string of the molecule is O=C(c1cccc(C(F)(F)F)c1Cl)N1CCn2c(C3CC3)nnc2C1c1ccccc1. The Balaban J connectivity index is 1.59. The first-order valence-corrected chi connectivity index (χ1v) is 10.4. The van der Waals surface area contributed by atoms with Crippen molar-refractivity contribution in [3.8, 4) is 0 Å². The summed E-state index contributed by atoms with van der Waals surface area (Å²) in [5.41, 5.74) is -0.380. The van der Waals surface area contributed by atoms with Gasteiger partial charge in [-0.25, -0.2) is 0 Å². The van der Waals surface area contributed by atoms with Crippen molar-refractivity contribution >= 4 is 17.5 Å². The van der Waals surface area contributed by atoms with Gasteiger partial charge in [-0.2, -0.15) is 13.2 Å². The highest BCUT2D eigenvalue weighted by molar-refractivity contribution is 6.34. The van der Waals surface area contributed by atoms with Gasteiger partial charge in [-0.15, -0.1) is 10.2 Å². The predicted molar refractivity (Wildman–Crippen MR) is 108 cm³/mol. The van der Waals surface area contributed by atoms with E-state index in [1.54, 1.807) is 0 Å². The maximum absolute atomic E-state index is 13.5. The van der Waals surface area contributed by atoms with E-state index in [1.807, 2.05) is 34.9 Å². The summed E-state index contributed by atoms with van der Waals surface area (Å²) in [7, 11) is 0. The number of hydrogen-bond acceptors (Lipinski definition) is 3. The molecule has 9 heteroatoms. The van der Waals surface area contributed by atoms with E-state index in [-0.39, 0.29) is 5.56 Å². The van der Waals surface area contributed by atoms with Crippen molar-refractivity contribution in [1.29, 1.82) is 0 Å². The van der Waals surface area contributed by atoms with Crippen molar-refractivity contribution in [3.63, 3.8) is 0 Å². The molecular formula is C22H18ClF3N4O. The van der Waals surface area contributed by atoms with Crippen LogP contribution in [0.15, 0.2) is 48.5 Å². The van der Waals surface area contributed by atoms with Crippen LogP contribution in [0.1, 0.15) is 57.9 Å². The van der Waals surface area contributed by atoms with Crippen molar-refractivity contribution < 1.29 is 18.0 Å². The Kier molecular flexibility index (Phi) is 4.77. The number of aromatic nitrogens is 3. The Morgan fingerprint density at radius 1 is 0.968 bits per heavy atom. The zero-order valence-corrected chi connectivity index (χ0v) is 17.1. The van der Waals surface area contributed by atoms with Crippen LogP contribution in [0.3, 0.4) is 0 Å². The minimum absolute atomic E-state index is 0.173. The maximum Gasteiger partial charge on any atom is 0.417 e. The van der Waals surface area contributed by atoms with Gasteiger partial charge < -0.3 is 9.47 Å². The molecule has 2 aromatic carbocycles. The van der Waals surface area contributed by atoms with Gasteiger partial charge in [0.25, 0.3) is 5.91 Å². The molecule has 0 bridgehead atoms. The highest BCUT2D eigenvalue weighted by atomic mass is 35.5. The van der Waals surface area contributed by atoms with Gasteiger partial charge in [0, 0.05) is 19.0 Å². The molecule has 3 aromatic rings. The van der Waals surface area contributed by atoms with Crippen molar-refractivity contribution in [2.24, 2.45) is 0 Å². The molecular weight excluding hydrogens is 429 g/mol. The molecule has 31 heavy (non-hydrogen) atoms. The van der Waals surface area contributed by atoms with Gasteiger partial charge in [-0.3, -0.25) is 4.79 Å². The number of alkyl halides is 3. The molecule has 1 saturated carbocycles. The number of nitrogens with zero attached hydrogens (tertiary/aromatic N) is 4. The number of fused-ring (bicyclic) bond motifs is 1. The summed E-state index contributed by atoms with van der Waals surface area (Å²) in [5, 5.41) is 8.17. The summed E-state index contributed by atoms with van der Waals surface area (Å²) < 4.78 is 42.0. The smallest absolute Gasteiger partial charge is 0.322 e. The number of rotatable bonds is 3. The normalized spacial score (nSPS) is 18.7. The summed E-state index contributed by atoms with van der Waals surface area (Å²) in [6, 6.07) is 12.2. The number of benzene rings is 2. The van der Waals surface area contributed by atoms with Gasteiger partial charge in [-0.05, 0) is 30.5 Å². The molecule has 0 radical (unpaired) electrons. The highest BCUT2D eigenvalue weighted by Gasteiger charge is 2.40. The Morgan fingerprint density at radius 2 is 1.68 bits per heavy atom. The molecule has 1 atom stereocenters. The first-order valence-electron chi connectivity index (χ1n) is 10.0. The molecule has 160 valence electrons. The van der Waals surface area contributed by atoms with Crippen LogP contribution in [-0.4, -0.2) is 32.1 Å². The summed E-state index contributed by atoms with van der Waals surface area (Å²) in [4.78, 5) is 15.0. The molecule has 1 aliphatic carbocycles. The van der Waals surface area contributed by atoms with Gasteiger partial charge in [0.1, 0.15) is 11.9 Å². The molecule has 1 amide bonds. The first-order chi connectivity index (χ1) is 14.9. The second-order valence-electron chi connectivity index (χ2n) is 7.82. The fourth-order valence-electron chi connectivity index (χ4n) is 4.13. The van der Waals surface area contributed by atoms with Crippen molar-refractivity contribution in [2.45, 2.75) is 37.5 Å². The summed E-state index contributed by atoms with van der Waals surface area (Å²) in [6.45, 7) is 0.801. The lowest BCUT2D eigenvalue weighted by molar-refractivity contribution is -0.137. The Hall–Kier alpha value is -2.87. The zero-order valence-electron chi connectivity index (χ0n) is 16.3. The summed E-state index contributed by atoms with van der Waals surface area (Å²) in [6.07, 6.45) is -2.51. The summed E-state index contributed by atoms with van der Waals surface area (Å²) in [5.74, 6) is 1.36. The average Bonchev–Trinajstić information content (AvgIpc) is 3.51. The third-order valence-corrected chi connectivity index (χ3v) is 6.19. The molecule has 0 N–H and O–H groups in total. The van der Waals surface area contributed by atoms with Crippen LogP contribution in [0.2, 0.25) is 5.02 Å². The van der Waals surface area contributed by atoms with Gasteiger partial charge in [0.15, 0.2) is 5.82 Å². The number of carbonyl (C=O) groups is 1. The fourth-order valence-corrected chi connectivity index (χ4v) is 4.45. The minimum atomic E-state index is -4.65. The number of hydrogen-bond donors (Lipinski definition) is 0. The number of amides is 1. The Labute approximate surface area is 181 Å². The van der Waals surface area contributed by atoms with Crippen LogP contribution >= 0.6 is 11.6 Å². The van der Waals surface area contributed by atoms with Crippen LogP contribution in [0.25, 0.3) is 0 Å². The quantitative estimate of drug-likeness (QED) is 0.564. The Morgan fingerprint density at radius 3 is 2.35 bits per heavy atom. The van der Waals surface area contributed by atoms with Gasteiger partial charge in [0.05, 0.1) is 16.1 Å². The van der Waals surface area contributed by atoms with E-state index in [0.29, 0.717) is 24.8 Å². The Bertz CT molecular complexity index is 1140. The van der Waals surface area contributed by atoms with Gasteiger partial charge in [-0.1, -0.05) is 48.0 Å². The monoisotopic (exact) mass is 446 g/mol. The molecule has 0 spiro atoms. The van der Waals surface area contributed by atoms with Crippen LogP contribution in [-0.2, 0) is 12.7 Å². The lowest BCUT2D eigenvalue weighted by Crippen LogP contribution is -2.43. The molecule has 1 aliphatic heterocycles. The van der Waals surface area contributed by atoms with Crippen LogP contribution < -0.4 is 0 Å². The van der Waals surface area contributed by atoms with E-state index in [9.17, 15) is 18.0 Å². The van der Waals surface area contributed by atoms with Crippen LogP contribution in [0.5, 0.6) is 0 Å². The van der Waals surface area contributed by atoms with E-state index in [0.717, 1.165) is 30.3 Å². The molecule has 0 saturated heterocycles. The van der Waals surface area contributed by atoms with E-state index < -0.39 is 28.7 Å². The second-order valence-corrected chi connectivity index (χ2v) is 8.20. The van der Waals surface area contributed by atoms with Crippen LogP contribution in [0, 0.1) is 0 Å². The van der Waals surface area contributed by atoms with Gasteiger partial charge in [0.2, 0.25) is 0 Å². The molecule has 5 rings (SSSR count). The van der Waals surface area contributed by atoms with Crippen molar-refractivity contribution in [3.05, 3.63) is 81.9 Å². The van der Waals surface area contributed by atoms with Crippen molar-refractivity contribution in [2.75, 3.05) is 6.54 Å². The first kappa shape index (κ1) is 20.1. The molecule has 1 unspecified atom stereocenters. The highest BCUT2D eigenvalue weighted by Crippen LogP contribution is 2.42. The topological polar surface area (TPSA) is 51.0 Å².